The highest BCUT2D eigenvalue weighted by molar-refractivity contribution is 6.30. The molecule has 1 fully saturated rings. The van der Waals surface area contributed by atoms with Gasteiger partial charge in [0, 0.05) is 59.9 Å². The SMILES string of the molecule is O=C(c1ccc(Nc2nccc(-c3ccc(Cl)cc3)n2)cc1)N1CCN(c2ccc(F)cc2)CC1. The van der Waals surface area contributed by atoms with Crippen LogP contribution in [0.3, 0.4) is 0 Å². The molecule has 0 bridgehead atoms. The van der Waals surface area contributed by atoms with Gasteiger partial charge in [-0.1, -0.05) is 23.7 Å². The fourth-order valence-electron chi connectivity index (χ4n) is 4.03. The highest BCUT2D eigenvalue weighted by atomic mass is 35.5. The molecular weight excluding hydrogens is 465 g/mol. The van der Waals surface area contributed by atoms with Crippen molar-refractivity contribution in [1.29, 1.82) is 0 Å². The molecule has 0 unspecified atom stereocenters. The third-order valence-corrected chi connectivity index (χ3v) is 6.19. The first-order valence-electron chi connectivity index (χ1n) is 11.3. The van der Waals surface area contributed by atoms with Crippen molar-refractivity contribution in [2.45, 2.75) is 0 Å². The van der Waals surface area contributed by atoms with Crippen LogP contribution in [0.2, 0.25) is 5.02 Å². The van der Waals surface area contributed by atoms with Crippen LogP contribution in [0.1, 0.15) is 10.4 Å². The minimum Gasteiger partial charge on any atom is -0.368 e. The van der Waals surface area contributed by atoms with Crippen LogP contribution >= 0.6 is 11.6 Å². The first-order valence-corrected chi connectivity index (χ1v) is 11.7. The molecule has 0 spiro atoms. The Kier molecular flexibility index (Phi) is 6.59. The van der Waals surface area contributed by atoms with Gasteiger partial charge >= 0.3 is 0 Å². The van der Waals surface area contributed by atoms with Crippen molar-refractivity contribution in [1.82, 2.24) is 14.9 Å². The van der Waals surface area contributed by atoms with Gasteiger partial charge in [-0.15, -0.1) is 0 Å². The number of carbonyl (C=O) groups is 1. The maximum absolute atomic E-state index is 13.2. The molecule has 4 aromatic rings. The van der Waals surface area contributed by atoms with Gasteiger partial charge in [-0.25, -0.2) is 14.4 Å². The quantitative estimate of drug-likeness (QED) is 0.394. The molecule has 1 aromatic heterocycles. The van der Waals surface area contributed by atoms with E-state index in [4.69, 9.17) is 11.6 Å². The molecule has 0 saturated carbocycles. The molecule has 3 aromatic carbocycles. The number of benzene rings is 3. The van der Waals surface area contributed by atoms with Crippen LogP contribution in [0.5, 0.6) is 0 Å². The van der Waals surface area contributed by atoms with Gasteiger partial charge in [0.05, 0.1) is 5.69 Å². The van der Waals surface area contributed by atoms with Crippen molar-refractivity contribution in [2.24, 2.45) is 0 Å². The Labute approximate surface area is 208 Å². The molecule has 2 heterocycles. The molecule has 1 N–H and O–H groups in total. The van der Waals surface area contributed by atoms with Gasteiger partial charge in [0.1, 0.15) is 5.82 Å². The zero-order valence-electron chi connectivity index (χ0n) is 18.9. The van der Waals surface area contributed by atoms with Gasteiger partial charge in [0.2, 0.25) is 5.95 Å². The number of carbonyl (C=O) groups excluding carboxylic acids is 1. The van der Waals surface area contributed by atoms with Crippen molar-refractivity contribution >= 4 is 34.8 Å². The second-order valence-corrected chi connectivity index (χ2v) is 8.67. The normalized spacial score (nSPS) is 13.5. The lowest BCUT2D eigenvalue weighted by atomic mass is 10.1. The van der Waals surface area contributed by atoms with E-state index in [1.54, 1.807) is 30.5 Å². The van der Waals surface area contributed by atoms with Crippen LogP contribution in [0.4, 0.5) is 21.7 Å². The molecule has 1 aliphatic heterocycles. The van der Waals surface area contributed by atoms with Crippen molar-refractivity contribution in [3.63, 3.8) is 0 Å². The van der Waals surface area contributed by atoms with Gasteiger partial charge in [-0.3, -0.25) is 4.79 Å². The summed E-state index contributed by atoms with van der Waals surface area (Å²) in [6.45, 7) is 2.64. The fraction of sp³-hybridized carbons (Fsp3) is 0.148. The molecule has 6 nitrogen and oxygen atoms in total. The molecule has 176 valence electrons. The maximum Gasteiger partial charge on any atom is 0.253 e. The molecule has 1 saturated heterocycles. The summed E-state index contributed by atoms with van der Waals surface area (Å²) in [5, 5.41) is 3.86. The number of amides is 1. The van der Waals surface area contributed by atoms with Crippen LogP contribution in [-0.2, 0) is 0 Å². The van der Waals surface area contributed by atoms with E-state index in [9.17, 15) is 9.18 Å². The average Bonchev–Trinajstić information content (AvgIpc) is 2.90. The molecule has 1 aliphatic rings. The minimum absolute atomic E-state index is 0.00343. The monoisotopic (exact) mass is 487 g/mol. The summed E-state index contributed by atoms with van der Waals surface area (Å²) in [5.41, 5.74) is 4.11. The summed E-state index contributed by atoms with van der Waals surface area (Å²) >= 11 is 5.97. The van der Waals surface area contributed by atoms with Crippen molar-refractivity contribution < 1.29 is 9.18 Å². The Hall–Kier alpha value is -3.97. The second kappa shape index (κ2) is 10.1. The van der Waals surface area contributed by atoms with Crippen LogP contribution in [-0.4, -0.2) is 47.0 Å². The molecular formula is C27H23ClFN5O. The third kappa shape index (κ3) is 5.41. The van der Waals surface area contributed by atoms with Gasteiger partial charge in [0.25, 0.3) is 5.91 Å². The summed E-state index contributed by atoms with van der Waals surface area (Å²) < 4.78 is 13.2. The number of hydrogen-bond donors (Lipinski definition) is 1. The van der Waals surface area contributed by atoms with Crippen LogP contribution < -0.4 is 10.2 Å². The highest BCUT2D eigenvalue weighted by Gasteiger charge is 2.22. The first kappa shape index (κ1) is 22.8. The molecule has 0 atom stereocenters. The molecule has 1 amide bonds. The Morgan fingerprint density at radius 1 is 0.857 bits per heavy atom. The van der Waals surface area contributed by atoms with E-state index in [1.165, 1.54) is 12.1 Å². The molecule has 35 heavy (non-hydrogen) atoms. The van der Waals surface area contributed by atoms with Gasteiger partial charge in [0.15, 0.2) is 0 Å². The van der Waals surface area contributed by atoms with Crippen LogP contribution in [0.25, 0.3) is 11.3 Å². The van der Waals surface area contributed by atoms with Gasteiger partial charge in [-0.2, -0.15) is 0 Å². The Balaban J connectivity index is 1.20. The number of anilines is 3. The van der Waals surface area contributed by atoms with Crippen molar-refractivity contribution in [2.75, 3.05) is 36.4 Å². The molecule has 8 heteroatoms. The standard InChI is InChI=1S/C27H23ClFN5O/c28-21-5-1-19(2-6-21)25-13-14-30-27(32-25)31-23-9-3-20(4-10-23)26(35)34-17-15-33(16-18-34)24-11-7-22(29)8-12-24/h1-14H,15-18H2,(H,30,31,32). The summed E-state index contributed by atoms with van der Waals surface area (Å²) in [6, 6.07) is 23.1. The number of aromatic nitrogens is 2. The Morgan fingerprint density at radius 2 is 1.54 bits per heavy atom. The van der Waals surface area contributed by atoms with Crippen LogP contribution in [0, 0.1) is 5.82 Å². The maximum atomic E-state index is 13.2. The average molecular weight is 488 g/mol. The lowest BCUT2D eigenvalue weighted by Crippen LogP contribution is -2.48. The lowest BCUT2D eigenvalue weighted by molar-refractivity contribution is 0.0747. The van der Waals surface area contributed by atoms with Crippen molar-refractivity contribution in [3.8, 4) is 11.3 Å². The van der Waals surface area contributed by atoms with E-state index >= 15 is 0 Å². The number of rotatable bonds is 5. The predicted molar refractivity (Wildman–Crippen MR) is 137 cm³/mol. The van der Waals surface area contributed by atoms with Crippen molar-refractivity contribution in [3.05, 3.63) is 101 Å². The molecule has 0 aliphatic carbocycles. The van der Waals surface area contributed by atoms with Crippen LogP contribution in [0.15, 0.2) is 85.1 Å². The summed E-state index contributed by atoms with van der Waals surface area (Å²) in [4.78, 5) is 25.9. The van der Waals surface area contributed by atoms with Gasteiger partial charge < -0.3 is 15.1 Å². The highest BCUT2D eigenvalue weighted by Crippen LogP contribution is 2.22. The smallest absolute Gasteiger partial charge is 0.253 e. The number of hydrogen-bond acceptors (Lipinski definition) is 5. The van der Waals surface area contributed by atoms with E-state index in [0.717, 1.165) is 22.6 Å². The number of nitrogens with zero attached hydrogens (tertiary/aromatic N) is 4. The Morgan fingerprint density at radius 3 is 2.23 bits per heavy atom. The number of nitrogens with one attached hydrogen (secondary N) is 1. The van der Waals surface area contributed by atoms with Gasteiger partial charge in [-0.05, 0) is 66.7 Å². The fourth-order valence-corrected chi connectivity index (χ4v) is 4.15. The van der Waals surface area contributed by atoms with E-state index in [1.807, 2.05) is 47.4 Å². The first-order chi connectivity index (χ1) is 17.0. The molecule has 5 rings (SSSR count). The number of halogens is 2. The predicted octanol–water partition coefficient (Wildman–Crippen LogP) is 5.64. The van der Waals surface area contributed by atoms with E-state index in [2.05, 4.69) is 20.2 Å². The third-order valence-electron chi connectivity index (χ3n) is 5.94. The van der Waals surface area contributed by atoms with E-state index in [0.29, 0.717) is 42.7 Å². The minimum atomic E-state index is -0.249. The zero-order valence-corrected chi connectivity index (χ0v) is 19.6. The second-order valence-electron chi connectivity index (χ2n) is 8.23. The largest absolute Gasteiger partial charge is 0.368 e. The summed E-state index contributed by atoms with van der Waals surface area (Å²) in [5.74, 6) is 0.214. The van der Waals surface area contributed by atoms with E-state index < -0.39 is 0 Å². The zero-order chi connectivity index (χ0) is 24.2. The summed E-state index contributed by atoms with van der Waals surface area (Å²) in [7, 11) is 0. The topological polar surface area (TPSA) is 61.4 Å². The Bertz CT molecular complexity index is 1300. The molecule has 0 radical (unpaired) electrons. The lowest BCUT2D eigenvalue weighted by Gasteiger charge is -2.36. The summed E-state index contributed by atoms with van der Waals surface area (Å²) in [6.07, 6.45) is 1.70. The number of piperazine rings is 1. The van der Waals surface area contributed by atoms with E-state index in [-0.39, 0.29) is 11.7 Å².